The van der Waals surface area contributed by atoms with Crippen LogP contribution in [0.15, 0.2) is 48.5 Å². The number of carbonyl (C=O) groups excluding carboxylic acids is 1. The molecule has 0 saturated carbocycles. The first kappa shape index (κ1) is 21.5. The molecular weight excluding hydrogens is 398 g/mol. The van der Waals surface area contributed by atoms with Crippen LogP contribution in [-0.4, -0.2) is 67.8 Å². The molecule has 0 bridgehead atoms. The molecule has 0 radical (unpaired) electrons. The van der Waals surface area contributed by atoms with Gasteiger partial charge >= 0.3 is 6.09 Å². The Balaban J connectivity index is 1.21. The lowest BCUT2D eigenvalue weighted by atomic mass is 9.83. The third-order valence-corrected chi connectivity index (χ3v) is 7.74. The Labute approximate surface area is 191 Å². The van der Waals surface area contributed by atoms with E-state index in [-0.39, 0.29) is 18.1 Å². The monoisotopic (exact) mass is 433 g/mol. The predicted molar refractivity (Wildman–Crippen MR) is 128 cm³/mol. The van der Waals surface area contributed by atoms with Crippen molar-refractivity contribution in [3.8, 4) is 11.1 Å². The van der Waals surface area contributed by atoms with Crippen molar-refractivity contribution in [1.29, 1.82) is 0 Å². The van der Waals surface area contributed by atoms with Crippen LogP contribution in [0.3, 0.4) is 0 Å². The highest BCUT2D eigenvalue weighted by molar-refractivity contribution is 5.79. The first-order valence-corrected chi connectivity index (χ1v) is 12.2. The summed E-state index contributed by atoms with van der Waals surface area (Å²) in [4.78, 5) is 17.7. The van der Waals surface area contributed by atoms with E-state index in [4.69, 9.17) is 4.74 Å². The molecule has 2 heterocycles. The van der Waals surface area contributed by atoms with Gasteiger partial charge in [0.15, 0.2) is 0 Å². The van der Waals surface area contributed by atoms with Gasteiger partial charge in [0, 0.05) is 51.2 Å². The van der Waals surface area contributed by atoms with Crippen molar-refractivity contribution in [2.24, 2.45) is 11.8 Å². The zero-order chi connectivity index (χ0) is 22.1. The van der Waals surface area contributed by atoms with Crippen molar-refractivity contribution in [2.45, 2.75) is 32.2 Å². The number of nitrogens with one attached hydrogen (secondary N) is 1. The molecule has 1 aliphatic carbocycles. The van der Waals surface area contributed by atoms with Gasteiger partial charge in [-0.1, -0.05) is 55.5 Å². The van der Waals surface area contributed by atoms with Crippen molar-refractivity contribution < 1.29 is 9.53 Å². The van der Waals surface area contributed by atoms with E-state index in [0.717, 1.165) is 45.7 Å². The number of hydrogen-bond acceptors (Lipinski definition) is 4. The van der Waals surface area contributed by atoms with Gasteiger partial charge in [0.25, 0.3) is 0 Å². The van der Waals surface area contributed by atoms with E-state index in [9.17, 15) is 4.79 Å². The van der Waals surface area contributed by atoms with Gasteiger partial charge in [0.1, 0.15) is 6.61 Å². The molecule has 2 aliphatic heterocycles. The molecule has 32 heavy (non-hydrogen) atoms. The van der Waals surface area contributed by atoms with E-state index >= 15 is 0 Å². The van der Waals surface area contributed by atoms with Gasteiger partial charge in [-0.25, -0.2) is 4.79 Å². The lowest BCUT2D eigenvalue weighted by Gasteiger charge is -2.43. The Morgan fingerprint density at radius 2 is 1.62 bits per heavy atom. The second kappa shape index (κ2) is 9.24. The maximum absolute atomic E-state index is 13.1. The second-order valence-corrected chi connectivity index (χ2v) is 9.83. The summed E-state index contributed by atoms with van der Waals surface area (Å²) in [6.45, 7) is 11.2. The van der Waals surface area contributed by atoms with Gasteiger partial charge in [0.05, 0.1) is 0 Å². The SMILES string of the molecule is CC1CN(C(=O)OCC2c3ccccc3-c3ccccc32)C(C)CC1CN1CCNCC1. The highest BCUT2D eigenvalue weighted by atomic mass is 16.6. The van der Waals surface area contributed by atoms with Gasteiger partial charge in [-0.2, -0.15) is 0 Å². The van der Waals surface area contributed by atoms with E-state index in [0.29, 0.717) is 18.4 Å². The van der Waals surface area contributed by atoms with Crippen LogP contribution >= 0.6 is 0 Å². The van der Waals surface area contributed by atoms with E-state index in [1.165, 1.54) is 22.3 Å². The number of rotatable bonds is 4. The molecule has 5 rings (SSSR count). The molecule has 2 aromatic rings. The van der Waals surface area contributed by atoms with Crippen LogP contribution in [-0.2, 0) is 4.74 Å². The molecule has 0 aromatic heterocycles. The number of benzene rings is 2. The zero-order valence-corrected chi connectivity index (χ0v) is 19.3. The van der Waals surface area contributed by atoms with Crippen molar-refractivity contribution in [1.82, 2.24) is 15.1 Å². The van der Waals surface area contributed by atoms with Crippen molar-refractivity contribution in [2.75, 3.05) is 45.9 Å². The topological polar surface area (TPSA) is 44.8 Å². The summed E-state index contributed by atoms with van der Waals surface area (Å²) in [5.74, 6) is 1.24. The predicted octanol–water partition coefficient (Wildman–Crippen LogP) is 4.19. The van der Waals surface area contributed by atoms with E-state index in [1.54, 1.807) is 0 Å². The molecule has 170 valence electrons. The van der Waals surface area contributed by atoms with Crippen molar-refractivity contribution in [3.63, 3.8) is 0 Å². The fourth-order valence-electron chi connectivity index (χ4n) is 5.85. The summed E-state index contributed by atoms with van der Waals surface area (Å²) < 4.78 is 5.95. The summed E-state index contributed by atoms with van der Waals surface area (Å²) >= 11 is 0. The third kappa shape index (κ3) is 4.16. The third-order valence-electron chi connectivity index (χ3n) is 7.74. The number of carbonyl (C=O) groups is 1. The molecule has 5 nitrogen and oxygen atoms in total. The first-order chi connectivity index (χ1) is 15.6. The fraction of sp³-hybridized carbons (Fsp3) is 0.519. The maximum atomic E-state index is 13.1. The minimum atomic E-state index is -0.160. The molecule has 3 unspecified atom stereocenters. The number of amides is 1. The van der Waals surface area contributed by atoms with Crippen LogP contribution in [0.2, 0.25) is 0 Å². The average Bonchev–Trinajstić information content (AvgIpc) is 3.14. The van der Waals surface area contributed by atoms with Crippen LogP contribution in [0.25, 0.3) is 11.1 Å². The van der Waals surface area contributed by atoms with Gasteiger partial charge in [-0.05, 0) is 47.4 Å². The lowest BCUT2D eigenvalue weighted by molar-refractivity contribution is 0.0352. The van der Waals surface area contributed by atoms with Gasteiger partial charge in [0.2, 0.25) is 0 Å². The number of piperazine rings is 1. The Kier molecular flexibility index (Phi) is 6.20. The first-order valence-electron chi connectivity index (χ1n) is 12.2. The Hall–Kier alpha value is -2.37. The number of hydrogen-bond donors (Lipinski definition) is 1. The smallest absolute Gasteiger partial charge is 0.410 e. The van der Waals surface area contributed by atoms with Gasteiger partial charge < -0.3 is 19.9 Å². The number of piperidine rings is 1. The van der Waals surface area contributed by atoms with Gasteiger partial charge in [-0.3, -0.25) is 0 Å². The standard InChI is InChI=1S/C27H35N3O2/c1-19-16-30(20(2)15-21(19)17-29-13-11-28-12-14-29)27(31)32-18-26-24-9-5-3-7-22(24)23-8-4-6-10-25(23)26/h3-10,19-21,26,28H,11-18H2,1-2H3. The Morgan fingerprint density at radius 3 is 2.28 bits per heavy atom. The molecular formula is C27H35N3O2. The van der Waals surface area contributed by atoms with E-state index in [2.05, 4.69) is 72.6 Å². The van der Waals surface area contributed by atoms with Crippen LogP contribution in [0.4, 0.5) is 4.79 Å². The molecule has 0 spiro atoms. The molecule has 2 fully saturated rings. The summed E-state index contributed by atoms with van der Waals surface area (Å²) in [7, 11) is 0. The highest BCUT2D eigenvalue weighted by Crippen LogP contribution is 2.44. The summed E-state index contributed by atoms with van der Waals surface area (Å²) in [6, 6.07) is 17.2. The summed E-state index contributed by atoms with van der Waals surface area (Å²) in [5.41, 5.74) is 5.05. The lowest BCUT2D eigenvalue weighted by Crippen LogP contribution is -2.52. The quantitative estimate of drug-likeness (QED) is 0.785. The molecule has 5 heteroatoms. The second-order valence-electron chi connectivity index (χ2n) is 9.83. The Bertz CT molecular complexity index is 910. The number of nitrogens with zero attached hydrogens (tertiary/aromatic N) is 2. The molecule has 1 amide bonds. The summed E-state index contributed by atoms with van der Waals surface area (Å²) in [6.07, 6.45) is 0.891. The van der Waals surface area contributed by atoms with E-state index < -0.39 is 0 Å². The Morgan fingerprint density at radius 1 is 1.00 bits per heavy atom. The number of likely N-dealkylation sites (tertiary alicyclic amines) is 1. The maximum Gasteiger partial charge on any atom is 0.410 e. The van der Waals surface area contributed by atoms with Crippen LogP contribution in [0.1, 0.15) is 37.3 Å². The van der Waals surface area contributed by atoms with Crippen molar-refractivity contribution >= 4 is 6.09 Å². The normalized spacial score (nSPS) is 25.9. The molecule has 1 N–H and O–H groups in total. The van der Waals surface area contributed by atoms with Crippen molar-refractivity contribution in [3.05, 3.63) is 59.7 Å². The zero-order valence-electron chi connectivity index (χ0n) is 19.3. The minimum absolute atomic E-state index is 0.115. The van der Waals surface area contributed by atoms with Crippen LogP contribution in [0, 0.1) is 11.8 Å². The fourth-order valence-corrected chi connectivity index (χ4v) is 5.85. The number of ether oxygens (including phenoxy) is 1. The van der Waals surface area contributed by atoms with Crippen LogP contribution in [0.5, 0.6) is 0 Å². The average molecular weight is 434 g/mol. The van der Waals surface area contributed by atoms with E-state index in [1.807, 2.05) is 4.90 Å². The minimum Gasteiger partial charge on any atom is -0.448 e. The molecule has 3 atom stereocenters. The van der Waals surface area contributed by atoms with Crippen LogP contribution < -0.4 is 5.32 Å². The van der Waals surface area contributed by atoms with Gasteiger partial charge in [-0.15, -0.1) is 0 Å². The molecule has 2 saturated heterocycles. The summed E-state index contributed by atoms with van der Waals surface area (Å²) in [5, 5.41) is 3.43. The molecule has 3 aliphatic rings. The number of fused-ring (bicyclic) bond motifs is 3. The highest BCUT2D eigenvalue weighted by Gasteiger charge is 2.36. The largest absolute Gasteiger partial charge is 0.448 e. The molecule has 2 aromatic carbocycles.